The predicted molar refractivity (Wildman–Crippen MR) is 80.9 cm³/mol. The van der Waals surface area contributed by atoms with Crippen molar-refractivity contribution in [2.24, 2.45) is 0 Å². The van der Waals surface area contributed by atoms with E-state index < -0.39 is 17.9 Å². The summed E-state index contributed by atoms with van der Waals surface area (Å²) in [6.45, 7) is 5.28. The highest BCUT2D eigenvalue weighted by Crippen LogP contribution is 2.11. The van der Waals surface area contributed by atoms with Crippen LogP contribution in [0.1, 0.15) is 27.2 Å². The minimum Gasteiger partial charge on any atom is -0.466 e. The maximum atomic E-state index is 11.7. The van der Waals surface area contributed by atoms with E-state index in [-0.39, 0.29) is 17.8 Å². The second kappa shape index (κ2) is 10.4. The van der Waals surface area contributed by atoms with Gasteiger partial charge in [0, 0.05) is 11.1 Å². The van der Waals surface area contributed by atoms with Crippen molar-refractivity contribution < 1.29 is 28.6 Å². The Morgan fingerprint density at radius 3 is 2.00 bits per heavy atom. The lowest BCUT2D eigenvalue weighted by Crippen LogP contribution is -2.11. The molecule has 0 aliphatic rings. The van der Waals surface area contributed by atoms with Gasteiger partial charge in [0.25, 0.3) is 0 Å². The van der Waals surface area contributed by atoms with Crippen LogP contribution >= 0.6 is 0 Å². The minimum atomic E-state index is -0.665. The van der Waals surface area contributed by atoms with Crippen molar-refractivity contribution in [3.8, 4) is 0 Å². The van der Waals surface area contributed by atoms with E-state index in [9.17, 15) is 14.4 Å². The zero-order valence-electron chi connectivity index (χ0n) is 13.6. The molecule has 0 aromatic rings. The first-order chi connectivity index (χ1) is 10.4. The molecule has 0 N–H and O–H groups in total. The highest BCUT2D eigenvalue weighted by molar-refractivity contribution is 6.02. The number of hydrogen-bond acceptors (Lipinski definition) is 6. The number of carbonyl (C=O) groups excluding carboxylic acids is 3. The zero-order chi connectivity index (χ0) is 17.1. The van der Waals surface area contributed by atoms with Crippen molar-refractivity contribution in [1.82, 2.24) is 0 Å². The molecule has 0 unspecified atom stereocenters. The van der Waals surface area contributed by atoms with Crippen LogP contribution in [0.2, 0.25) is 0 Å². The fraction of sp³-hybridized carbons (Fsp3) is 0.438. The number of esters is 3. The van der Waals surface area contributed by atoms with Gasteiger partial charge in [-0.3, -0.25) is 0 Å². The van der Waals surface area contributed by atoms with Crippen LogP contribution < -0.4 is 0 Å². The van der Waals surface area contributed by atoms with Gasteiger partial charge < -0.3 is 14.2 Å². The molecule has 0 saturated heterocycles. The van der Waals surface area contributed by atoms with E-state index in [1.165, 1.54) is 39.4 Å². The summed E-state index contributed by atoms with van der Waals surface area (Å²) in [7, 11) is 2.44. The van der Waals surface area contributed by atoms with Gasteiger partial charge in [-0.2, -0.15) is 0 Å². The van der Waals surface area contributed by atoms with E-state index in [2.05, 4.69) is 9.47 Å². The number of rotatable bonds is 7. The monoisotopic (exact) mass is 310 g/mol. The molecule has 0 radical (unpaired) electrons. The lowest BCUT2D eigenvalue weighted by molar-refractivity contribution is -0.139. The molecule has 0 atom stereocenters. The largest absolute Gasteiger partial charge is 0.466 e. The van der Waals surface area contributed by atoms with Gasteiger partial charge in [0.1, 0.15) is 0 Å². The van der Waals surface area contributed by atoms with Crippen molar-refractivity contribution in [3.05, 3.63) is 34.9 Å². The van der Waals surface area contributed by atoms with Gasteiger partial charge in [0.15, 0.2) is 0 Å². The normalized spacial score (nSPS) is 12.7. The lowest BCUT2D eigenvalue weighted by Gasteiger charge is -2.05. The molecule has 0 amide bonds. The van der Waals surface area contributed by atoms with Gasteiger partial charge in [-0.05, 0) is 26.3 Å². The highest BCUT2D eigenvalue weighted by Gasteiger charge is 2.16. The summed E-state index contributed by atoms with van der Waals surface area (Å²) in [4.78, 5) is 34.8. The lowest BCUT2D eigenvalue weighted by atomic mass is 10.1. The summed E-state index contributed by atoms with van der Waals surface area (Å²) >= 11 is 0. The molecule has 0 rings (SSSR count). The van der Waals surface area contributed by atoms with Gasteiger partial charge in [0.05, 0.1) is 26.4 Å². The third kappa shape index (κ3) is 5.95. The Labute approximate surface area is 130 Å². The number of carbonyl (C=O) groups is 3. The van der Waals surface area contributed by atoms with Crippen molar-refractivity contribution >= 4 is 17.9 Å². The minimum absolute atomic E-state index is 0.0601. The third-order valence-electron chi connectivity index (χ3n) is 2.78. The fourth-order valence-corrected chi connectivity index (χ4v) is 1.53. The number of hydrogen-bond donors (Lipinski definition) is 0. The maximum Gasteiger partial charge on any atom is 0.338 e. The Hall–Kier alpha value is -2.37. The Balaban J connectivity index is 5.45. The first-order valence-electron chi connectivity index (χ1n) is 6.84. The van der Waals surface area contributed by atoms with Gasteiger partial charge in [-0.25, -0.2) is 14.4 Å². The Morgan fingerprint density at radius 1 is 0.955 bits per heavy atom. The van der Waals surface area contributed by atoms with Crippen LogP contribution in [-0.4, -0.2) is 38.7 Å². The number of methoxy groups -OCH3 is 2. The number of ether oxygens (including phenoxy) is 3. The molecule has 0 saturated carbocycles. The highest BCUT2D eigenvalue weighted by atomic mass is 16.5. The first kappa shape index (κ1) is 19.6. The van der Waals surface area contributed by atoms with Crippen LogP contribution in [0.5, 0.6) is 0 Å². The molecular formula is C16H22O6. The van der Waals surface area contributed by atoms with E-state index in [4.69, 9.17) is 4.74 Å². The molecule has 6 heteroatoms. The molecule has 122 valence electrons. The summed E-state index contributed by atoms with van der Waals surface area (Å²) in [5, 5.41) is 0. The Morgan fingerprint density at radius 2 is 1.55 bits per heavy atom. The van der Waals surface area contributed by atoms with E-state index in [1.807, 2.05) is 6.92 Å². The molecule has 22 heavy (non-hydrogen) atoms. The van der Waals surface area contributed by atoms with E-state index in [1.54, 1.807) is 6.92 Å². The van der Waals surface area contributed by atoms with Gasteiger partial charge in [-0.1, -0.05) is 19.1 Å². The molecule has 6 nitrogen and oxygen atoms in total. The van der Waals surface area contributed by atoms with Crippen molar-refractivity contribution in [2.45, 2.75) is 27.2 Å². The average molecular weight is 310 g/mol. The van der Waals surface area contributed by atoms with Crippen molar-refractivity contribution in [3.63, 3.8) is 0 Å². The second-order valence-corrected chi connectivity index (χ2v) is 4.15. The SMILES string of the molecule is CCOC(=O)/C(=C/C=C/C(C(=O)OC)=C(\C)C(=O)OC)CC. The molecule has 0 aliphatic carbocycles. The summed E-state index contributed by atoms with van der Waals surface area (Å²) < 4.78 is 14.1. The summed E-state index contributed by atoms with van der Waals surface area (Å²) in [5.74, 6) is -1.71. The van der Waals surface area contributed by atoms with Crippen LogP contribution in [0.4, 0.5) is 0 Å². The fourth-order valence-electron chi connectivity index (χ4n) is 1.53. The summed E-state index contributed by atoms with van der Waals surface area (Å²) in [5.41, 5.74) is 0.635. The van der Waals surface area contributed by atoms with Crippen LogP contribution in [-0.2, 0) is 28.6 Å². The summed E-state index contributed by atoms with van der Waals surface area (Å²) in [6, 6.07) is 0. The quantitative estimate of drug-likeness (QED) is 0.310. The number of allylic oxidation sites excluding steroid dienone is 2. The molecule has 0 aromatic heterocycles. The van der Waals surface area contributed by atoms with Crippen LogP contribution in [0.3, 0.4) is 0 Å². The van der Waals surface area contributed by atoms with E-state index in [0.29, 0.717) is 12.0 Å². The third-order valence-corrected chi connectivity index (χ3v) is 2.78. The van der Waals surface area contributed by atoms with E-state index >= 15 is 0 Å². The molecule has 0 spiro atoms. The van der Waals surface area contributed by atoms with Crippen LogP contribution in [0, 0.1) is 0 Å². The Kier molecular flexibility index (Phi) is 9.25. The van der Waals surface area contributed by atoms with E-state index in [0.717, 1.165) is 0 Å². The smallest absolute Gasteiger partial charge is 0.338 e. The zero-order valence-corrected chi connectivity index (χ0v) is 13.6. The first-order valence-corrected chi connectivity index (χ1v) is 6.84. The predicted octanol–water partition coefficient (Wildman–Crippen LogP) is 2.10. The molecule has 0 aromatic carbocycles. The van der Waals surface area contributed by atoms with Gasteiger partial charge in [-0.15, -0.1) is 0 Å². The summed E-state index contributed by atoms with van der Waals surface area (Å²) in [6.07, 6.45) is 4.91. The van der Waals surface area contributed by atoms with Gasteiger partial charge in [0.2, 0.25) is 0 Å². The Bertz CT molecular complexity index is 511. The van der Waals surface area contributed by atoms with Crippen molar-refractivity contribution in [2.75, 3.05) is 20.8 Å². The van der Waals surface area contributed by atoms with Crippen LogP contribution in [0.25, 0.3) is 0 Å². The molecule has 0 bridgehead atoms. The van der Waals surface area contributed by atoms with Crippen molar-refractivity contribution in [1.29, 1.82) is 0 Å². The molecule has 0 fully saturated rings. The molecular weight excluding hydrogens is 288 g/mol. The average Bonchev–Trinajstić information content (AvgIpc) is 2.53. The van der Waals surface area contributed by atoms with Crippen LogP contribution in [0.15, 0.2) is 34.9 Å². The topological polar surface area (TPSA) is 78.9 Å². The molecule has 0 heterocycles. The van der Waals surface area contributed by atoms with Gasteiger partial charge >= 0.3 is 17.9 Å². The molecule has 0 aliphatic heterocycles. The maximum absolute atomic E-state index is 11.7. The standard InChI is InChI=1S/C16H22O6/c1-6-12(15(18)22-7-2)9-8-10-13(16(19)21-5)11(3)14(17)20-4/h8-10H,6-7H2,1-5H3/b10-8+,12-9+,13-11-. The second-order valence-electron chi connectivity index (χ2n) is 4.15.